The molecule has 0 aromatic carbocycles. The van der Waals surface area contributed by atoms with Crippen molar-refractivity contribution < 1.29 is 4.42 Å². The zero-order valence-electron chi connectivity index (χ0n) is 12.2. The SMILES string of the molecule is Cc1cc(CN(C)Cc2ccsc2)oc1CNC1CC1. The highest BCUT2D eigenvalue weighted by atomic mass is 32.1. The summed E-state index contributed by atoms with van der Waals surface area (Å²) in [5.74, 6) is 2.16. The van der Waals surface area contributed by atoms with Crippen LogP contribution in [-0.2, 0) is 19.6 Å². The summed E-state index contributed by atoms with van der Waals surface area (Å²) < 4.78 is 5.98. The van der Waals surface area contributed by atoms with E-state index in [0.717, 1.165) is 37.2 Å². The summed E-state index contributed by atoms with van der Waals surface area (Å²) in [6.45, 7) is 4.83. The first-order valence-electron chi connectivity index (χ1n) is 7.22. The zero-order valence-corrected chi connectivity index (χ0v) is 13.0. The van der Waals surface area contributed by atoms with Gasteiger partial charge in [-0.1, -0.05) is 0 Å². The molecule has 108 valence electrons. The highest BCUT2D eigenvalue weighted by molar-refractivity contribution is 7.07. The fraction of sp³-hybridized carbons (Fsp3) is 0.500. The fourth-order valence-electron chi connectivity index (χ4n) is 2.38. The van der Waals surface area contributed by atoms with Crippen molar-refractivity contribution in [2.75, 3.05) is 7.05 Å². The van der Waals surface area contributed by atoms with Gasteiger partial charge in [-0.3, -0.25) is 4.90 Å². The maximum absolute atomic E-state index is 5.98. The number of rotatable bonds is 7. The van der Waals surface area contributed by atoms with E-state index in [9.17, 15) is 0 Å². The first-order valence-corrected chi connectivity index (χ1v) is 8.16. The minimum atomic E-state index is 0.726. The van der Waals surface area contributed by atoms with Gasteiger partial charge in [0.1, 0.15) is 11.5 Å². The van der Waals surface area contributed by atoms with Crippen LogP contribution >= 0.6 is 11.3 Å². The van der Waals surface area contributed by atoms with Gasteiger partial charge >= 0.3 is 0 Å². The van der Waals surface area contributed by atoms with Crippen molar-refractivity contribution in [3.8, 4) is 0 Å². The predicted molar refractivity (Wildman–Crippen MR) is 82.8 cm³/mol. The van der Waals surface area contributed by atoms with E-state index in [1.54, 1.807) is 11.3 Å². The van der Waals surface area contributed by atoms with Crippen LogP contribution in [-0.4, -0.2) is 18.0 Å². The van der Waals surface area contributed by atoms with Gasteiger partial charge in [-0.15, -0.1) is 0 Å². The summed E-state index contributed by atoms with van der Waals surface area (Å²) in [7, 11) is 2.14. The number of thiophene rings is 1. The third-order valence-corrected chi connectivity index (χ3v) is 4.39. The molecule has 3 nitrogen and oxygen atoms in total. The molecule has 1 fully saturated rings. The Morgan fingerprint density at radius 2 is 2.25 bits per heavy atom. The van der Waals surface area contributed by atoms with E-state index in [-0.39, 0.29) is 0 Å². The quantitative estimate of drug-likeness (QED) is 0.845. The number of hydrogen-bond acceptors (Lipinski definition) is 4. The standard InChI is InChI=1S/C16H22N2OS/c1-12-7-15(19-16(12)8-17-14-3-4-14)10-18(2)9-13-5-6-20-11-13/h5-7,11,14,17H,3-4,8-10H2,1-2H3. The lowest BCUT2D eigenvalue weighted by molar-refractivity contribution is 0.282. The monoisotopic (exact) mass is 290 g/mol. The fourth-order valence-corrected chi connectivity index (χ4v) is 3.04. The Labute approximate surface area is 124 Å². The van der Waals surface area contributed by atoms with Gasteiger partial charge < -0.3 is 9.73 Å². The number of aryl methyl sites for hydroxylation is 1. The molecule has 1 saturated carbocycles. The highest BCUT2D eigenvalue weighted by Gasteiger charge is 2.21. The van der Waals surface area contributed by atoms with Crippen molar-refractivity contribution in [2.45, 2.75) is 45.4 Å². The zero-order chi connectivity index (χ0) is 13.9. The van der Waals surface area contributed by atoms with E-state index in [1.165, 1.54) is 24.0 Å². The van der Waals surface area contributed by atoms with Gasteiger partial charge in [0, 0.05) is 12.6 Å². The molecule has 0 unspecified atom stereocenters. The van der Waals surface area contributed by atoms with Crippen LogP contribution in [0.15, 0.2) is 27.3 Å². The summed E-state index contributed by atoms with van der Waals surface area (Å²) in [5.41, 5.74) is 2.63. The normalized spacial score (nSPS) is 15.2. The summed E-state index contributed by atoms with van der Waals surface area (Å²) in [6.07, 6.45) is 2.63. The largest absolute Gasteiger partial charge is 0.463 e. The predicted octanol–water partition coefficient (Wildman–Crippen LogP) is 3.53. The molecule has 0 aliphatic heterocycles. The van der Waals surface area contributed by atoms with Crippen molar-refractivity contribution >= 4 is 11.3 Å². The highest BCUT2D eigenvalue weighted by Crippen LogP contribution is 2.22. The van der Waals surface area contributed by atoms with Crippen molar-refractivity contribution in [1.82, 2.24) is 10.2 Å². The molecule has 4 heteroatoms. The third-order valence-electron chi connectivity index (χ3n) is 3.66. The Kier molecular flexibility index (Phi) is 4.24. The first kappa shape index (κ1) is 13.9. The Morgan fingerprint density at radius 3 is 2.95 bits per heavy atom. The third kappa shape index (κ3) is 3.72. The van der Waals surface area contributed by atoms with Crippen LogP contribution in [0.5, 0.6) is 0 Å². The molecule has 1 N–H and O–H groups in total. The molecule has 1 aliphatic carbocycles. The minimum Gasteiger partial charge on any atom is -0.463 e. The van der Waals surface area contributed by atoms with E-state index in [1.807, 2.05) is 0 Å². The van der Waals surface area contributed by atoms with Crippen molar-refractivity contribution in [3.63, 3.8) is 0 Å². The molecule has 0 saturated heterocycles. The molecule has 0 bridgehead atoms. The van der Waals surface area contributed by atoms with Crippen LogP contribution < -0.4 is 5.32 Å². The van der Waals surface area contributed by atoms with Crippen molar-refractivity contribution in [1.29, 1.82) is 0 Å². The van der Waals surface area contributed by atoms with Gasteiger partial charge in [0.05, 0.1) is 13.1 Å². The maximum Gasteiger partial charge on any atom is 0.120 e. The van der Waals surface area contributed by atoms with Gasteiger partial charge in [-0.05, 0) is 60.8 Å². The van der Waals surface area contributed by atoms with E-state index >= 15 is 0 Å². The van der Waals surface area contributed by atoms with Gasteiger partial charge in [0.15, 0.2) is 0 Å². The lowest BCUT2D eigenvalue weighted by atomic mass is 10.2. The summed E-state index contributed by atoms with van der Waals surface area (Å²) in [6, 6.07) is 5.08. The Balaban J connectivity index is 1.54. The molecule has 2 aromatic rings. The molecular formula is C16H22N2OS. The van der Waals surface area contributed by atoms with Crippen LogP contribution in [0.25, 0.3) is 0 Å². The van der Waals surface area contributed by atoms with Gasteiger partial charge in [0.2, 0.25) is 0 Å². The van der Waals surface area contributed by atoms with Crippen LogP contribution in [0.3, 0.4) is 0 Å². The van der Waals surface area contributed by atoms with Crippen LogP contribution in [0.1, 0.15) is 35.5 Å². The van der Waals surface area contributed by atoms with E-state index in [4.69, 9.17) is 4.42 Å². The molecule has 2 heterocycles. The van der Waals surface area contributed by atoms with Gasteiger partial charge in [-0.25, -0.2) is 0 Å². The average molecular weight is 290 g/mol. The van der Waals surface area contributed by atoms with Crippen molar-refractivity contribution in [2.24, 2.45) is 0 Å². The second-order valence-corrected chi connectivity index (χ2v) is 6.56. The molecule has 0 spiro atoms. The molecule has 3 rings (SSSR count). The van der Waals surface area contributed by atoms with Crippen LogP contribution in [0.4, 0.5) is 0 Å². The molecule has 0 atom stereocenters. The summed E-state index contributed by atoms with van der Waals surface area (Å²) in [4.78, 5) is 2.29. The van der Waals surface area contributed by atoms with E-state index in [0.29, 0.717) is 0 Å². The smallest absolute Gasteiger partial charge is 0.120 e. The second-order valence-electron chi connectivity index (χ2n) is 5.78. The van der Waals surface area contributed by atoms with E-state index in [2.05, 4.69) is 47.1 Å². The molecular weight excluding hydrogens is 268 g/mol. The molecule has 0 amide bonds. The topological polar surface area (TPSA) is 28.4 Å². The Morgan fingerprint density at radius 1 is 1.40 bits per heavy atom. The average Bonchev–Trinajstić information content (AvgIpc) is 2.98. The van der Waals surface area contributed by atoms with Gasteiger partial charge in [-0.2, -0.15) is 11.3 Å². The van der Waals surface area contributed by atoms with Gasteiger partial charge in [0.25, 0.3) is 0 Å². The molecule has 1 aliphatic rings. The number of hydrogen-bond donors (Lipinski definition) is 1. The lowest BCUT2D eigenvalue weighted by Gasteiger charge is -2.13. The Hall–Kier alpha value is -1.10. The summed E-state index contributed by atoms with van der Waals surface area (Å²) in [5, 5.41) is 7.84. The van der Waals surface area contributed by atoms with Crippen LogP contribution in [0, 0.1) is 6.92 Å². The number of nitrogens with one attached hydrogen (secondary N) is 1. The molecule has 0 radical (unpaired) electrons. The maximum atomic E-state index is 5.98. The van der Waals surface area contributed by atoms with Crippen molar-refractivity contribution in [3.05, 3.63) is 45.5 Å². The molecule has 20 heavy (non-hydrogen) atoms. The second kappa shape index (κ2) is 6.12. The van der Waals surface area contributed by atoms with Crippen LogP contribution in [0.2, 0.25) is 0 Å². The number of nitrogens with zero attached hydrogens (tertiary/aromatic N) is 1. The lowest BCUT2D eigenvalue weighted by Crippen LogP contribution is -2.16. The minimum absolute atomic E-state index is 0.726. The summed E-state index contributed by atoms with van der Waals surface area (Å²) >= 11 is 1.75. The Bertz CT molecular complexity index is 543. The number of furan rings is 1. The van der Waals surface area contributed by atoms with E-state index < -0.39 is 0 Å². The first-order chi connectivity index (χ1) is 9.70. The molecule has 2 aromatic heterocycles.